The second kappa shape index (κ2) is 7.00. The van der Waals surface area contributed by atoms with E-state index in [1.54, 1.807) is 5.51 Å². The van der Waals surface area contributed by atoms with Gasteiger partial charge in [-0.05, 0) is 24.0 Å². The van der Waals surface area contributed by atoms with Crippen LogP contribution in [-0.2, 0) is 6.42 Å². The van der Waals surface area contributed by atoms with Gasteiger partial charge in [0, 0.05) is 13.5 Å². The third-order valence-electron chi connectivity index (χ3n) is 3.66. The van der Waals surface area contributed by atoms with Crippen molar-refractivity contribution in [2.24, 2.45) is 0 Å². The van der Waals surface area contributed by atoms with Crippen molar-refractivity contribution in [3.8, 4) is 0 Å². The van der Waals surface area contributed by atoms with Crippen molar-refractivity contribution in [1.29, 1.82) is 0 Å². The summed E-state index contributed by atoms with van der Waals surface area (Å²) in [6, 6.07) is 5.62. The summed E-state index contributed by atoms with van der Waals surface area (Å²) in [5, 5.41) is 6.55. The van der Waals surface area contributed by atoms with Gasteiger partial charge in [0.05, 0.1) is 11.2 Å². The van der Waals surface area contributed by atoms with Crippen molar-refractivity contribution in [2.75, 3.05) is 11.9 Å². The number of benzene rings is 1. The van der Waals surface area contributed by atoms with Crippen LogP contribution in [0.4, 0.5) is 9.80 Å². The van der Waals surface area contributed by atoms with Crippen LogP contribution < -0.4 is 10.6 Å². The number of fused-ring (bicyclic) bond motifs is 1. The molecule has 126 valence electrons. The SMILES string of the molecule is Cc1nc2c(CCNC(=O)Nc3scnc3C(C)C)cccc2o1. The molecule has 0 saturated carbocycles. The average Bonchev–Trinajstić information content (AvgIpc) is 3.13. The lowest BCUT2D eigenvalue weighted by Gasteiger charge is -2.09. The highest BCUT2D eigenvalue weighted by Crippen LogP contribution is 2.26. The van der Waals surface area contributed by atoms with Crippen LogP contribution in [-0.4, -0.2) is 22.5 Å². The summed E-state index contributed by atoms with van der Waals surface area (Å²) in [5.41, 5.74) is 5.36. The molecule has 0 unspecified atom stereocenters. The predicted octanol–water partition coefficient (Wildman–Crippen LogP) is 4.08. The maximum Gasteiger partial charge on any atom is 0.319 e. The van der Waals surface area contributed by atoms with E-state index >= 15 is 0 Å². The molecule has 3 rings (SSSR count). The lowest BCUT2D eigenvalue weighted by Crippen LogP contribution is -2.30. The molecule has 0 fully saturated rings. The normalized spacial score (nSPS) is 11.2. The predicted molar refractivity (Wildman–Crippen MR) is 95.7 cm³/mol. The van der Waals surface area contributed by atoms with E-state index in [-0.39, 0.29) is 11.9 Å². The Morgan fingerprint density at radius 2 is 2.21 bits per heavy atom. The lowest BCUT2D eigenvalue weighted by atomic mass is 10.1. The topological polar surface area (TPSA) is 80.0 Å². The van der Waals surface area contributed by atoms with Crippen molar-refractivity contribution in [3.05, 3.63) is 40.9 Å². The zero-order valence-electron chi connectivity index (χ0n) is 13.9. The number of hydrogen-bond donors (Lipinski definition) is 2. The van der Waals surface area contributed by atoms with Crippen LogP contribution in [0.15, 0.2) is 28.1 Å². The third kappa shape index (κ3) is 3.56. The highest BCUT2D eigenvalue weighted by molar-refractivity contribution is 7.14. The molecular formula is C17H20N4O2S. The molecule has 0 aliphatic carbocycles. The number of carbonyl (C=O) groups is 1. The smallest absolute Gasteiger partial charge is 0.319 e. The van der Waals surface area contributed by atoms with Crippen molar-refractivity contribution >= 4 is 33.5 Å². The van der Waals surface area contributed by atoms with Gasteiger partial charge in [-0.25, -0.2) is 14.8 Å². The van der Waals surface area contributed by atoms with Crippen LogP contribution in [0.5, 0.6) is 0 Å². The standard InChI is InChI=1S/C17H20N4O2S/c1-10(2)14-16(24-9-19-14)21-17(22)18-8-7-12-5-4-6-13-15(12)20-11(3)23-13/h4-6,9-10H,7-8H2,1-3H3,(H2,18,21,22). The van der Waals surface area contributed by atoms with E-state index in [9.17, 15) is 4.79 Å². The second-order valence-corrected chi connectivity index (χ2v) is 6.70. The summed E-state index contributed by atoms with van der Waals surface area (Å²) in [5.74, 6) is 0.925. The largest absolute Gasteiger partial charge is 0.441 e. The molecule has 2 amide bonds. The summed E-state index contributed by atoms with van der Waals surface area (Å²) in [6.07, 6.45) is 0.691. The number of hydrogen-bond acceptors (Lipinski definition) is 5. The van der Waals surface area contributed by atoms with Gasteiger partial charge < -0.3 is 9.73 Å². The molecule has 0 aliphatic rings. The van der Waals surface area contributed by atoms with Crippen LogP contribution in [0.2, 0.25) is 0 Å². The fraction of sp³-hybridized carbons (Fsp3) is 0.353. The molecule has 1 aromatic carbocycles. The van der Waals surface area contributed by atoms with Crippen molar-refractivity contribution < 1.29 is 9.21 Å². The summed E-state index contributed by atoms with van der Waals surface area (Å²) in [4.78, 5) is 20.8. The highest BCUT2D eigenvalue weighted by atomic mass is 32.1. The molecule has 24 heavy (non-hydrogen) atoms. The number of para-hydroxylation sites is 1. The first-order valence-electron chi connectivity index (χ1n) is 7.88. The fourth-order valence-corrected chi connectivity index (χ4v) is 3.37. The molecule has 2 aromatic heterocycles. The lowest BCUT2D eigenvalue weighted by molar-refractivity contribution is 0.252. The van der Waals surface area contributed by atoms with Gasteiger partial charge in [-0.1, -0.05) is 26.0 Å². The van der Waals surface area contributed by atoms with Gasteiger partial charge in [0.25, 0.3) is 0 Å². The van der Waals surface area contributed by atoms with Gasteiger partial charge in [0.15, 0.2) is 11.5 Å². The van der Waals surface area contributed by atoms with E-state index in [1.807, 2.05) is 25.1 Å². The Bertz CT molecular complexity index is 853. The Hall–Kier alpha value is -2.41. The first-order chi connectivity index (χ1) is 11.5. The monoisotopic (exact) mass is 344 g/mol. The van der Waals surface area contributed by atoms with E-state index in [1.165, 1.54) is 11.3 Å². The quantitative estimate of drug-likeness (QED) is 0.731. The minimum Gasteiger partial charge on any atom is -0.441 e. The van der Waals surface area contributed by atoms with Gasteiger partial charge >= 0.3 is 6.03 Å². The molecule has 0 radical (unpaired) electrons. The van der Waals surface area contributed by atoms with E-state index in [2.05, 4.69) is 34.4 Å². The zero-order valence-corrected chi connectivity index (χ0v) is 14.7. The highest BCUT2D eigenvalue weighted by Gasteiger charge is 2.13. The fourth-order valence-electron chi connectivity index (χ4n) is 2.54. The van der Waals surface area contributed by atoms with Gasteiger partial charge in [-0.15, -0.1) is 11.3 Å². The Morgan fingerprint density at radius 1 is 1.38 bits per heavy atom. The van der Waals surface area contributed by atoms with E-state index in [0.717, 1.165) is 27.4 Å². The summed E-state index contributed by atoms with van der Waals surface area (Å²) in [6.45, 7) is 6.46. The molecule has 0 aliphatic heterocycles. The molecule has 3 aromatic rings. The number of carbonyl (C=O) groups excluding carboxylic acids is 1. The summed E-state index contributed by atoms with van der Waals surface area (Å²) in [7, 11) is 0. The maximum absolute atomic E-state index is 12.1. The van der Waals surface area contributed by atoms with Gasteiger partial charge in [-0.3, -0.25) is 5.32 Å². The van der Waals surface area contributed by atoms with E-state index in [0.29, 0.717) is 18.9 Å². The number of oxazole rings is 1. The molecule has 0 bridgehead atoms. The molecule has 2 N–H and O–H groups in total. The first kappa shape index (κ1) is 16.4. The number of thiazole rings is 1. The zero-order chi connectivity index (χ0) is 17.1. The Kier molecular flexibility index (Phi) is 4.80. The van der Waals surface area contributed by atoms with Crippen molar-refractivity contribution in [3.63, 3.8) is 0 Å². The van der Waals surface area contributed by atoms with Crippen LogP contribution in [0, 0.1) is 6.92 Å². The number of nitrogens with one attached hydrogen (secondary N) is 2. The van der Waals surface area contributed by atoms with Gasteiger partial charge in [0.2, 0.25) is 0 Å². The second-order valence-electron chi connectivity index (χ2n) is 5.85. The first-order valence-corrected chi connectivity index (χ1v) is 8.76. The molecule has 2 heterocycles. The maximum atomic E-state index is 12.1. The van der Waals surface area contributed by atoms with Crippen LogP contribution in [0.3, 0.4) is 0 Å². The van der Waals surface area contributed by atoms with Crippen LogP contribution in [0.25, 0.3) is 11.1 Å². The molecule has 0 atom stereocenters. The van der Waals surface area contributed by atoms with Crippen molar-refractivity contribution in [2.45, 2.75) is 33.1 Å². The number of aromatic nitrogens is 2. The minimum absolute atomic E-state index is 0.218. The Balaban J connectivity index is 1.57. The van der Waals surface area contributed by atoms with E-state index in [4.69, 9.17) is 4.42 Å². The average molecular weight is 344 g/mol. The molecule has 0 saturated heterocycles. The number of anilines is 1. The minimum atomic E-state index is -0.218. The van der Waals surface area contributed by atoms with Crippen LogP contribution in [0.1, 0.15) is 36.9 Å². The molecule has 7 heteroatoms. The van der Waals surface area contributed by atoms with Crippen molar-refractivity contribution in [1.82, 2.24) is 15.3 Å². The van der Waals surface area contributed by atoms with Gasteiger partial charge in [-0.2, -0.15) is 0 Å². The number of aryl methyl sites for hydroxylation is 1. The third-order valence-corrected chi connectivity index (χ3v) is 4.42. The Labute approximate surface area is 144 Å². The molecule has 0 spiro atoms. The number of rotatable bonds is 5. The molecular weight excluding hydrogens is 324 g/mol. The van der Waals surface area contributed by atoms with Gasteiger partial charge in [0.1, 0.15) is 10.5 Å². The number of nitrogens with zero attached hydrogens (tertiary/aromatic N) is 2. The Morgan fingerprint density at radius 3 is 3.00 bits per heavy atom. The summed E-state index contributed by atoms with van der Waals surface area (Å²) < 4.78 is 5.53. The molecule has 6 nitrogen and oxygen atoms in total. The summed E-state index contributed by atoms with van der Waals surface area (Å²) >= 11 is 1.44. The van der Waals surface area contributed by atoms with E-state index < -0.39 is 0 Å². The number of amides is 2. The number of urea groups is 1. The van der Waals surface area contributed by atoms with Crippen LogP contribution >= 0.6 is 11.3 Å².